The van der Waals surface area contributed by atoms with Gasteiger partial charge in [-0.3, -0.25) is 0 Å². The van der Waals surface area contributed by atoms with E-state index in [-0.39, 0.29) is 45.7 Å². The summed E-state index contributed by atoms with van der Waals surface area (Å²) in [5.41, 5.74) is 0. The first-order valence-electron chi connectivity index (χ1n) is 0. The summed E-state index contributed by atoms with van der Waals surface area (Å²) in [4.78, 5) is 0. The van der Waals surface area contributed by atoms with Crippen molar-refractivity contribution in [2.75, 3.05) is 0 Å². The van der Waals surface area contributed by atoms with Gasteiger partial charge in [-0.1, -0.05) is 0 Å². The van der Waals surface area contributed by atoms with E-state index in [0.29, 0.717) is 0 Å². The van der Waals surface area contributed by atoms with Crippen LogP contribution in [0.5, 0.6) is 0 Å². The van der Waals surface area contributed by atoms with Gasteiger partial charge in [0.2, 0.25) is 0 Å². The van der Waals surface area contributed by atoms with Crippen molar-refractivity contribution in [1.29, 1.82) is 0 Å². The largest absolute Gasteiger partial charge is 3.00 e. The molecule has 0 saturated carbocycles. The molecule has 0 bridgehead atoms. The molecule has 16 valence electrons. The zero-order valence-electron chi connectivity index (χ0n) is 2.11. The molecule has 5 heteroatoms. The molecule has 5 heavy (non-hydrogen) atoms. The summed E-state index contributed by atoms with van der Waals surface area (Å²) >= 11 is 0. The maximum atomic E-state index is 0. The molecule has 0 spiro atoms. The third-order valence-corrected chi connectivity index (χ3v) is 0. The Morgan fingerprint density at radius 3 is 0.400 bits per heavy atom. The maximum absolute atomic E-state index is 0. The number of hydrogen-bond donors (Lipinski definition) is 0. The molecule has 8 radical (unpaired) electrons. The molecule has 0 rings (SSSR count). The minimum atomic E-state index is 0. The fourth-order valence-corrected chi connectivity index (χ4v) is 0. The van der Waals surface area contributed by atoms with Crippen molar-refractivity contribution in [2.45, 2.75) is 0 Å². The van der Waals surface area contributed by atoms with Crippen LogP contribution in [-0.2, 0) is 21.1 Å². The van der Waals surface area contributed by atoms with Crippen molar-refractivity contribution in [3.63, 3.8) is 0 Å². The predicted octanol–water partition coefficient (Wildman–Crippen LogP) is -1.92. The van der Waals surface area contributed by atoms with Crippen LogP contribution in [0.25, 0.3) is 0 Å². The number of hydrogen-bond acceptors (Lipinski definition) is 0. The van der Waals surface area contributed by atoms with Gasteiger partial charge in [-0.15, -0.1) is 0 Å². The van der Waals surface area contributed by atoms with Crippen molar-refractivity contribution in [3.05, 3.63) is 0 Å². The van der Waals surface area contributed by atoms with Crippen LogP contribution in [0.4, 0.5) is 0 Å². The Hall–Kier alpha value is -0.472. The van der Waals surface area contributed by atoms with E-state index in [9.17, 15) is 0 Å². The van der Waals surface area contributed by atoms with E-state index in [1.807, 2.05) is 0 Å². The van der Waals surface area contributed by atoms with Gasteiger partial charge < -0.3 is 0 Å². The summed E-state index contributed by atoms with van der Waals surface area (Å²) in [6.07, 6.45) is 0. The van der Waals surface area contributed by atoms with Crippen LogP contribution in [0.2, 0.25) is 0 Å². The number of nitrogens with zero attached hydrogens (tertiary/aromatic N) is 4. The van der Waals surface area contributed by atoms with Crippen molar-refractivity contribution >= 4 is 0 Å². The van der Waals surface area contributed by atoms with Crippen molar-refractivity contribution in [3.8, 4) is 0 Å². The summed E-state index contributed by atoms with van der Waals surface area (Å²) in [5.74, 6) is 0. The average molecular weight is 251 g/mol. The summed E-state index contributed by atoms with van der Waals surface area (Å²) in [6.45, 7) is 0. The first-order chi connectivity index (χ1) is 0. The second-order valence-corrected chi connectivity index (χ2v) is 0. The Labute approximate surface area is 46.3 Å². The van der Waals surface area contributed by atoms with E-state index < -0.39 is 0 Å². The molecule has 0 saturated heterocycles. The molecule has 0 N–H and O–H groups in total. The Morgan fingerprint density at radius 1 is 0.400 bits per heavy atom. The minimum Gasteiger partial charge on any atom is 2.00 e. The second-order valence-electron chi connectivity index (χ2n) is 0. The van der Waals surface area contributed by atoms with Crippen LogP contribution in [0.15, 0.2) is 0 Å². The summed E-state index contributed by atoms with van der Waals surface area (Å²) < 4.78 is 0. The van der Waals surface area contributed by atoms with Gasteiger partial charge >= 0.3 is 45.7 Å². The molecule has 0 aliphatic heterocycles. The molecule has 0 aliphatic rings. The molecule has 0 aromatic carbocycles. The standard InChI is InChI=1S/4N.Pt/q4*+3;+2. The van der Waals surface area contributed by atoms with Gasteiger partial charge in [0.15, 0.2) is 0 Å². The molecular formula is N4Pt+14. The van der Waals surface area contributed by atoms with E-state index >= 15 is 0 Å². The summed E-state index contributed by atoms with van der Waals surface area (Å²) in [6, 6.07) is 0. The Kier molecular flexibility index (Phi) is 5140. The second kappa shape index (κ2) is 101. The van der Waals surface area contributed by atoms with Crippen LogP contribution in [-0.4, -0.2) is 0 Å². The summed E-state index contributed by atoms with van der Waals surface area (Å²) in [7, 11) is 0. The van der Waals surface area contributed by atoms with E-state index in [4.69, 9.17) is 0 Å². The Morgan fingerprint density at radius 2 is 0.400 bits per heavy atom. The molecule has 0 amide bonds. The zero-order valence-corrected chi connectivity index (χ0v) is 4.38. The van der Waals surface area contributed by atoms with Crippen LogP contribution in [0.1, 0.15) is 0 Å². The Bertz CT molecular complexity index is 3.61. The van der Waals surface area contributed by atoms with Crippen molar-refractivity contribution in [2.24, 2.45) is 0 Å². The molecule has 0 aromatic heterocycles. The first kappa shape index (κ1) is 253. The van der Waals surface area contributed by atoms with E-state index in [1.54, 1.807) is 0 Å². The summed E-state index contributed by atoms with van der Waals surface area (Å²) in [5, 5.41) is 0. The van der Waals surface area contributed by atoms with Crippen LogP contribution < -0.4 is 24.6 Å². The maximum Gasteiger partial charge on any atom is 3.00 e. The molecule has 0 unspecified atom stereocenters. The number of rotatable bonds is 0. The van der Waals surface area contributed by atoms with E-state index in [0.717, 1.165) is 0 Å². The molecule has 0 atom stereocenters. The zero-order chi connectivity index (χ0) is 0. The first-order valence-corrected chi connectivity index (χ1v) is 0. The Balaban J connectivity index is 0. The topological polar surface area (TPSA) is 122 Å². The molecule has 0 aliphatic carbocycles. The SMILES string of the molecule is [N+3].[N+3].[N+3].[N+3].[Pt+2]. The molecule has 4 nitrogen and oxygen atoms in total. The van der Waals surface area contributed by atoms with Gasteiger partial charge in [0, 0.05) is 0 Å². The monoisotopic (exact) mass is 251 g/mol. The molecule has 0 aromatic rings. The van der Waals surface area contributed by atoms with E-state index in [2.05, 4.69) is 0 Å². The third-order valence-electron chi connectivity index (χ3n) is 0. The van der Waals surface area contributed by atoms with Crippen molar-refractivity contribution < 1.29 is 21.1 Å². The normalized spacial score (nSPS) is 0. The van der Waals surface area contributed by atoms with Gasteiger partial charge in [0.1, 0.15) is 0 Å². The predicted molar refractivity (Wildman–Crippen MR) is 8.54 cm³/mol. The van der Waals surface area contributed by atoms with Crippen LogP contribution in [0.3, 0.4) is 0 Å². The van der Waals surface area contributed by atoms with Gasteiger partial charge in [-0.2, -0.15) is 0 Å². The van der Waals surface area contributed by atoms with Gasteiger partial charge in [0.25, 0.3) is 0 Å². The van der Waals surface area contributed by atoms with E-state index in [1.165, 1.54) is 0 Å². The fourth-order valence-electron chi connectivity index (χ4n) is 0. The quantitative estimate of drug-likeness (QED) is 0.476. The van der Waals surface area contributed by atoms with Crippen LogP contribution >= 0.6 is 0 Å². The van der Waals surface area contributed by atoms with Gasteiger partial charge in [0.05, 0.1) is 0 Å². The molecular weight excluding hydrogens is 251 g/mol. The minimum absolute atomic E-state index is 0. The van der Waals surface area contributed by atoms with Crippen LogP contribution in [0, 0.1) is 0 Å². The smallest absolute Gasteiger partial charge is 2.00 e. The molecule has 0 heterocycles. The average Bonchev–Trinajstić information content (AvgIpc) is 0. The van der Waals surface area contributed by atoms with Crippen molar-refractivity contribution in [1.82, 2.24) is 24.6 Å². The van der Waals surface area contributed by atoms with Gasteiger partial charge in [-0.25, -0.2) is 0 Å². The fraction of sp³-hybridized carbons (Fsp3) is 0. The van der Waals surface area contributed by atoms with Gasteiger partial charge in [-0.05, 0) is 0 Å². The third kappa shape index (κ3) is 37.0. The molecule has 0 fully saturated rings.